The maximum atomic E-state index is 8.31. The van der Waals surface area contributed by atoms with E-state index >= 15 is 0 Å². The van der Waals surface area contributed by atoms with Gasteiger partial charge in [0, 0.05) is 11.3 Å². The van der Waals surface area contributed by atoms with Gasteiger partial charge in [-0.3, -0.25) is 0 Å². The Hall–Kier alpha value is -3.13. The van der Waals surface area contributed by atoms with Gasteiger partial charge in [-0.1, -0.05) is 72.8 Å². The molecule has 2 heteroatoms. The van der Waals surface area contributed by atoms with E-state index in [4.69, 9.17) is 11.1 Å². The van der Waals surface area contributed by atoms with Crippen LogP contribution in [0.5, 0.6) is 0 Å². The van der Waals surface area contributed by atoms with Crippen molar-refractivity contribution in [2.24, 2.45) is 0 Å². The van der Waals surface area contributed by atoms with Crippen LogP contribution in [0.4, 0.5) is 5.69 Å². The van der Waals surface area contributed by atoms with E-state index in [9.17, 15) is 0 Å². The van der Waals surface area contributed by atoms with E-state index in [1.54, 1.807) is 6.08 Å². The maximum absolute atomic E-state index is 8.31. The molecule has 0 aromatic heterocycles. The molecule has 0 fully saturated rings. The molecule has 0 aliphatic carbocycles. The summed E-state index contributed by atoms with van der Waals surface area (Å²) in [5, 5.41) is 8.31. The van der Waals surface area contributed by atoms with Gasteiger partial charge in [-0.15, -0.1) is 0 Å². The van der Waals surface area contributed by atoms with Crippen molar-refractivity contribution in [3.05, 3.63) is 96.1 Å². The van der Waals surface area contributed by atoms with Gasteiger partial charge < -0.3 is 11.1 Å². The second kappa shape index (κ2) is 6.75. The topological polar surface area (TPSA) is 49.9 Å². The molecule has 0 saturated carbocycles. The van der Waals surface area contributed by atoms with Crippen LogP contribution in [-0.4, -0.2) is 5.71 Å². The van der Waals surface area contributed by atoms with Crippen molar-refractivity contribution >= 4 is 17.5 Å². The molecule has 23 heavy (non-hydrogen) atoms. The Kier molecular flexibility index (Phi) is 4.34. The highest BCUT2D eigenvalue weighted by molar-refractivity contribution is 6.12. The molecule has 3 N–H and O–H groups in total. The van der Waals surface area contributed by atoms with E-state index in [0.29, 0.717) is 11.4 Å². The molecule has 0 unspecified atom stereocenters. The molecule has 0 radical (unpaired) electrons. The van der Waals surface area contributed by atoms with Crippen LogP contribution in [0.25, 0.3) is 17.2 Å². The third-order valence-corrected chi connectivity index (χ3v) is 3.69. The van der Waals surface area contributed by atoms with Crippen LogP contribution in [-0.2, 0) is 0 Å². The Morgan fingerprint density at radius 3 is 2.13 bits per heavy atom. The number of benzene rings is 3. The van der Waals surface area contributed by atoms with Gasteiger partial charge >= 0.3 is 0 Å². The lowest BCUT2D eigenvalue weighted by molar-refractivity contribution is 1.49. The van der Waals surface area contributed by atoms with Crippen molar-refractivity contribution in [3.8, 4) is 11.1 Å². The van der Waals surface area contributed by atoms with Crippen molar-refractivity contribution in [1.82, 2.24) is 0 Å². The molecule has 112 valence electrons. The first-order chi connectivity index (χ1) is 11.2. The van der Waals surface area contributed by atoms with Crippen molar-refractivity contribution < 1.29 is 0 Å². The van der Waals surface area contributed by atoms with Gasteiger partial charge in [0.15, 0.2) is 0 Å². The molecule has 0 spiro atoms. The lowest BCUT2D eigenvalue weighted by Crippen LogP contribution is -2.01. The summed E-state index contributed by atoms with van der Waals surface area (Å²) in [6, 6.07) is 25.9. The SMILES string of the molecule is N=C(/C=C/c1ccccc1)c1cc(-c2ccccc2)ccc1N. The smallest absolute Gasteiger partial charge is 0.0633 e. The van der Waals surface area contributed by atoms with E-state index in [-0.39, 0.29) is 0 Å². The Balaban J connectivity index is 1.90. The number of hydrogen-bond acceptors (Lipinski definition) is 2. The van der Waals surface area contributed by atoms with E-state index in [1.807, 2.05) is 72.8 Å². The minimum absolute atomic E-state index is 0.407. The summed E-state index contributed by atoms with van der Waals surface area (Å²) < 4.78 is 0. The number of nitrogen functional groups attached to an aromatic ring is 1. The number of anilines is 1. The largest absolute Gasteiger partial charge is 0.398 e. The predicted octanol–water partition coefficient (Wildman–Crippen LogP) is 5.02. The normalized spacial score (nSPS) is 10.8. The Bertz CT molecular complexity index is 834. The zero-order valence-electron chi connectivity index (χ0n) is 12.7. The molecule has 0 aliphatic heterocycles. The van der Waals surface area contributed by atoms with Crippen molar-refractivity contribution in [2.45, 2.75) is 0 Å². The van der Waals surface area contributed by atoms with Gasteiger partial charge in [0.2, 0.25) is 0 Å². The van der Waals surface area contributed by atoms with Crippen LogP contribution < -0.4 is 5.73 Å². The van der Waals surface area contributed by atoms with E-state index in [1.165, 1.54) is 0 Å². The summed E-state index contributed by atoms with van der Waals surface area (Å²) >= 11 is 0. The quantitative estimate of drug-likeness (QED) is 0.516. The number of hydrogen-bond donors (Lipinski definition) is 2. The summed E-state index contributed by atoms with van der Waals surface area (Å²) in [5.74, 6) is 0. The second-order valence-corrected chi connectivity index (χ2v) is 5.33. The first kappa shape index (κ1) is 14.8. The second-order valence-electron chi connectivity index (χ2n) is 5.33. The van der Waals surface area contributed by atoms with Gasteiger partial charge in [0.05, 0.1) is 5.71 Å². The van der Waals surface area contributed by atoms with Crippen LogP contribution in [0.3, 0.4) is 0 Å². The Morgan fingerprint density at radius 1 is 0.783 bits per heavy atom. The van der Waals surface area contributed by atoms with Crippen LogP contribution in [0, 0.1) is 5.41 Å². The average Bonchev–Trinajstić information content (AvgIpc) is 2.62. The van der Waals surface area contributed by atoms with Crippen molar-refractivity contribution in [1.29, 1.82) is 5.41 Å². The fourth-order valence-corrected chi connectivity index (χ4v) is 2.43. The molecule has 2 nitrogen and oxygen atoms in total. The zero-order valence-corrected chi connectivity index (χ0v) is 12.7. The minimum atomic E-state index is 0.407. The first-order valence-electron chi connectivity index (χ1n) is 7.51. The van der Waals surface area contributed by atoms with E-state index in [0.717, 1.165) is 22.3 Å². The van der Waals surface area contributed by atoms with Crippen molar-refractivity contribution in [2.75, 3.05) is 5.73 Å². The summed E-state index contributed by atoms with van der Waals surface area (Å²) in [7, 11) is 0. The fraction of sp³-hybridized carbons (Fsp3) is 0. The van der Waals surface area contributed by atoms with E-state index < -0.39 is 0 Å². The van der Waals surface area contributed by atoms with Gasteiger partial charge in [-0.05, 0) is 34.9 Å². The molecular formula is C21H18N2. The molecule has 0 bridgehead atoms. The summed E-state index contributed by atoms with van der Waals surface area (Å²) in [6.07, 6.45) is 3.72. The lowest BCUT2D eigenvalue weighted by Gasteiger charge is -2.08. The minimum Gasteiger partial charge on any atom is -0.398 e. The molecule has 0 atom stereocenters. The fourth-order valence-electron chi connectivity index (χ4n) is 2.43. The molecule has 3 rings (SSSR count). The third-order valence-electron chi connectivity index (χ3n) is 3.69. The average molecular weight is 298 g/mol. The molecular weight excluding hydrogens is 280 g/mol. The third kappa shape index (κ3) is 3.55. The zero-order chi connectivity index (χ0) is 16.1. The lowest BCUT2D eigenvalue weighted by atomic mass is 9.99. The van der Waals surface area contributed by atoms with Crippen LogP contribution in [0.1, 0.15) is 11.1 Å². The van der Waals surface area contributed by atoms with Crippen LogP contribution >= 0.6 is 0 Å². The predicted molar refractivity (Wildman–Crippen MR) is 98.6 cm³/mol. The van der Waals surface area contributed by atoms with Gasteiger partial charge in [-0.25, -0.2) is 0 Å². The molecule has 3 aromatic carbocycles. The highest BCUT2D eigenvalue weighted by atomic mass is 14.6. The number of allylic oxidation sites excluding steroid dienone is 1. The van der Waals surface area contributed by atoms with Crippen LogP contribution in [0.15, 0.2) is 84.9 Å². The Morgan fingerprint density at radius 2 is 1.43 bits per heavy atom. The van der Waals surface area contributed by atoms with E-state index in [2.05, 4.69) is 12.1 Å². The summed E-state index contributed by atoms with van der Waals surface area (Å²) in [4.78, 5) is 0. The highest BCUT2D eigenvalue weighted by Crippen LogP contribution is 2.24. The summed E-state index contributed by atoms with van der Waals surface area (Å²) in [6.45, 7) is 0. The number of nitrogens with one attached hydrogen (secondary N) is 1. The molecule has 0 saturated heterocycles. The van der Waals surface area contributed by atoms with Gasteiger partial charge in [0.25, 0.3) is 0 Å². The maximum Gasteiger partial charge on any atom is 0.0633 e. The highest BCUT2D eigenvalue weighted by Gasteiger charge is 2.06. The molecule has 0 amide bonds. The Labute approximate surface area is 136 Å². The first-order valence-corrected chi connectivity index (χ1v) is 7.51. The van der Waals surface area contributed by atoms with Crippen molar-refractivity contribution in [3.63, 3.8) is 0 Å². The van der Waals surface area contributed by atoms with Gasteiger partial charge in [-0.2, -0.15) is 0 Å². The number of rotatable bonds is 4. The van der Waals surface area contributed by atoms with Gasteiger partial charge in [0.1, 0.15) is 0 Å². The summed E-state index contributed by atoms with van der Waals surface area (Å²) in [5.41, 5.74) is 11.1. The monoisotopic (exact) mass is 298 g/mol. The molecule has 3 aromatic rings. The molecule has 0 aliphatic rings. The molecule has 0 heterocycles. The number of nitrogens with two attached hydrogens (primary N) is 1. The van der Waals surface area contributed by atoms with Crippen LogP contribution in [0.2, 0.25) is 0 Å². The standard InChI is InChI=1S/C21H18N2/c22-20(13-11-16-7-3-1-4-8-16)19-15-18(12-14-21(19)23)17-9-5-2-6-10-17/h1-15,22H,23H2/b13-11+,22-20?.